The molecule has 1 aromatic rings. The molecule has 0 spiro atoms. The SMILES string of the molecule is CCOC(c1noc(C)n1)C(C)C. The largest absolute Gasteiger partial charge is 0.370 e. The molecule has 0 aromatic carbocycles. The Bertz CT molecular complexity index is 258. The highest BCUT2D eigenvalue weighted by atomic mass is 16.5. The van der Waals surface area contributed by atoms with Crippen LogP contribution in [0.1, 0.15) is 38.6 Å². The van der Waals surface area contributed by atoms with Crippen LogP contribution in [0.5, 0.6) is 0 Å². The number of nitrogens with zero attached hydrogens (tertiary/aromatic N) is 2. The van der Waals surface area contributed by atoms with E-state index in [0.29, 0.717) is 24.2 Å². The predicted octanol–water partition coefficient (Wildman–Crippen LogP) is 2.11. The standard InChI is InChI=1S/C9H16N2O2/c1-5-12-8(6(2)3)9-10-7(4)13-11-9/h6,8H,5H2,1-4H3. The Morgan fingerprint density at radius 3 is 2.54 bits per heavy atom. The number of aromatic nitrogens is 2. The van der Waals surface area contributed by atoms with Crippen LogP contribution in [0.2, 0.25) is 0 Å². The third kappa shape index (κ3) is 2.52. The number of hydrogen-bond acceptors (Lipinski definition) is 4. The summed E-state index contributed by atoms with van der Waals surface area (Å²) in [6.07, 6.45) is -0.0533. The first-order chi connectivity index (χ1) is 6.15. The van der Waals surface area contributed by atoms with E-state index in [1.807, 2.05) is 6.92 Å². The van der Waals surface area contributed by atoms with Gasteiger partial charge in [-0.2, -0.15) is 4.98 Å². The van der Waals surface area contributed by atoms with Crippen LogP contribution in [-0.4, -0.2) is 16.7 Å². The average Bonchev–Trinajstić information content (AvgIpc) is 2.46. The van der Waals surface area contributed by atoms with Crippen molar-refractivity contribution in [2.75, 3.05) is 6.61 Å². The van der Waals surface area contributed by atoms with Gasteiger partial charge in [-0.15, -0.1) is 0 Å². The van der Waals surface area contributed by atoms with Gasteiger partial charge in [0.1, 0.15) is 6.10 Å². The van der Waals surface area contributed by atoms with E-state index in [0.717, 1.165) is 0 Å². The topological polar surface area (TPSA) is 48.2 Å². The molecule has 1 atom stereocenters. The average molecular weight is 184 g/mol. The van der Waals surface area contributed by atoms with Gasteiger partial charge in [0.05, 0.1) is 0 Å². The molecular formula is C9H16N2O2. The molecule has 1 heterocycles. The Morgan fingerprint density at radius 2 is 2.15 bits per heavy atom. The maximum absolute atomic E-state index is 5.52. The van der Waals surface area contributed by atoms with Gasteiger partial charge in [-0.05, 0) is 12.8 Å². The van der Waals surface area contributed by atoms with E-state index >= 15 is 0 Å². The smallest absolute Gasteiger partial charge is 0.223 e. The fourth-order valence-corrected chi connectivity index (χ4v) is 1.18. The molecule has 4 nitrogen and oxygen atoms in total. The van der Waals surface area contributed by atoms with Crippen molar-refractivity contribution in [2.24, 2.45) is 5.92 Å². The fourth-order valence-electron chi connectivity index (χ4n) is 1.18. The number of rotatable bonds is 4. The Morgan fingerprint density at radius 1 is 1.46 bits per heavy atom. The molecule has 4 heteroatoms. The van der Waals surface area contributed by atoms with Gasteiger partial charge in [0.2, 0.25) is 11.7 Å². The molecule has 0 bridgehead atoms. The highest BCUT2D eigenvalue weighted by Gasteiger charge is 2.20. The zero-order valence-electron chi connectivity index (χ0n) is 8.57. The van der Waals surface area contributed by atoms with Crippen molar-refractivity contribution in [3.63, 3.8) is 0 Å². The molecule has 0 N–H and O–H groups in total. The third-order valence-corrected chi connectivity index (χ3v) is 1.75. The van der Waals surface area contributed by atoms with Crippen molar-refractivity contribution in [1.82, 2.24) is 10.1 Å². The van der Waals surface area contributed by atoms with Crippen molar-refractivity contribution in [3.8, 4) is 0 Å². The lowest BCUT2D eigenvalue weighted by atomic mass is 10.1. The minimum atomic E-state index is -0.0533. The van der Waals surface area contributed by atoms with Gasteiger partial charge in [0.15, 0.2) is 0 Å². The van der Waals surface area contributed by atoms with Crippen LogP contribution < -0.4 is 0 Å². The summed E-state index contributed by atoms with van der Waals surface area (Å²) in [4.78, 5) is 4.15. The molecule has 1 rings (SSSR count). The van der Waals surface area contributed by atoms with Crippen LogP contribution in [0.4, 0.5) is 0 Å². The fraction of sp³-hybridized carbons (Fsp3) is 0.778. The number of aryl methyl sites for hydroxylation is 1. The third-order valence-electron chi connectivity index (χ3n) is 1.75. The van der Waals surface area contributed by atoms with Gasteiger partial charge >= 0.3 is 0 Å². The summed E-state index contributed by atoms with van der Waals surface area (Å²) < 4.78 is 10.4. The minimum Gasteiger partial charge on any atom is -0.370 e. The molecule has 74 valence electrons. The molecule has 0 aliphatic heterocycles. The van der Waals surface area contributed by atoms with Gasteiger partial charge in [-0.3, -0.25) is 0 Å². The summed E-state index contributed by atoms with van der Waals surface area (Å²) >= 11 is 0. The van der Waals surface area contributed by atoms with E-state index in [4.69, 9.17) is 9.26 Å². The summed E-state index contributed by atoms with van der Waals surface area (Å²) in [5.41, 5.74) is 0. The van der Waals surface area contributed by atoms with E-state index in [1.54, 1.807) is 6.92 Å². The molecule has 13 heavy (non-hydrogen) atoms. The Kier molecular flexibility index (Phi) is 3.42. The predicted molar refractivity (Wildman–Crippen MR) is 48.2 cm³/mol. The molecule has 1 aromatic heterocycles. The molecule has 0 saturated heterocycles. The van der Waals surface area contributed by atoms with Crippen molar-refractivity contribution in [2.45, 2.75) is 33.8 Å². The van der Waals surface area contributed by atoms with E-state index in [2.05, 4.69) is 24.0 Å². The molecule has 0 saturated carbocycles. The molecule has 0 amide bonds. The van der Waals surface area contributed by atoms with Crippen molar-refractivity contribution in [1.29, 1.82) is 0 Å². The van der Waals surface area contributed by atoms with Crippen LogP contribution in [0.25, 0.3) is 0 Å². The first-order valence-corrected chi connectivity index (χ1v) is 4.57. The van der Waals surface area contributed by atoms with Crippen LogP contribution in [-0.2, 0) is 4.74 Å². The Labute approximate surface area is 78.3 Å². The Balaban J connectivity index is 2.75. The zero-order chi connectivity index (χ0) is 9.84. The van der Waals surface area contributed by atoms with Crippen molar-refractivity contribution in [3.05, 3.63) is 11.7 Å². The lowest BCUT2D eigenvalue weighted by Gasteiger charge is -2.16. The maximum atomic E-state index is 5.52. The molecule has 1 unspecified atom stereocenters. The quantitative estimate of drug-likeness (QED) is 0.719. The molecular weight excluding hydrogens is 168 g/mol. The van der Waals surface area contributed by atoms with Crippen molar-refractivity contribution >= 4 is 0 Å². The molecule has 0 radical (unpaired) electrons. The summed E-state index contributed by atoms with van der Waals surface area (Å²) in [5, 5.41) is 3.84. The van der Waals surface area contributed by atoms with Gasteiger partial charge in [-0.1, -0.05) is 19.0 Å². The van der Waals surface area contributed by atoms with Gasteiger partial charge in [0.25, 0.3) is 0 Å². The summed E-state index contributed by atoms with van der Waals surface area (Å²) in [5.74, 6) is 1.59. The summed E-state index contributed by atoms with van der Waals surface area (Å²) in [6.45, 7) is 8.55. The summed E-state index contributed by atoms with van der Waals surface area (Å²) in [7, 11) is 0. The minimum absolute atomic E-state index is 0.0533. The lowest BCUT2D eigenvalue weighted by Crippen LogP contribution is -2.12. The highest BCUT2D eigenvalue weighted by Crippen LogP contribution is 2.22. The highest BCUT2D eigenvalue weighted by molar-refractivity contribution is 4.91. The van der Waals surface area contributed by atoms with Crippen LogP contribution in [0.15, 0.2) is 4.52 Å². The second-order valence-electron chi connectivity index (χ2n) is 3.29. The first-order valence-electron chi connectivity index (χ1n) is 4.57. The van der Waals surface area contributed by atoms with E-state index in [9.17, 15) is 0 Å². The first kappa shape index (κ1) is 10.2. The molecule has 0 aliphatic carbocycles. The van der Waals surface area contributed by atoms with Gasteiger partial charge in [-0.25, -0.2) is 0 Å². The number of ether oxygens (including phenoxy) is 1. The Hall–Kier alpha value is -0.900. The monoisotopic (exact) mass is 184 g/mol. The van der Waals surface area contributed by atoms with Crippen LogP contribution in [0, 0.1) is 12.8 Å². The second-order valence-corrected chi connectivity index (χ2v) is 3.29. The second kappa shape index (κ2) is 4.37. The van der Waals surface area contributed by atoms with Crippen LogP contribution in [0.3, 0.4) is 0 Å². The van der Waals surface area contributed by atoms with Crippen molar-refractivity contribution < 1.29 is 9.26 Å². The molecule has 0 fully saturated rings. The summed E-state index contributed by atoms with van der Waals surface area (Å²) in [6, 6.07) is 0. The number of hydrogen-bond donors (Lipinski definition) is 0. The normalized spacial score (nSPS) is 13.6. The molecule has 0 aliphatic rings. The van der Waals surface area contributed by atoms with E-state index < -0.39 is 0 Å². The van der Waals surface area contributed by atoms with Gasteiger partial charge < -0.3 is 9.26 Å². The maximum Gasteiger partial charge on any atom is 0.223 e. The van der Waals surface area contributed by atoms with Gasteiger partial charge in [0, 0.05) is 13.5 Å². The van der Waals surface area contributed by atoms with E-state index in [1.165, 1.54) is 0 Å². The zero-order valence-corrected chi connectivity index (χ0v) is 8.57. The van der Waals surface area contributed by atoms with Crippen LogP contribution >= 0.6 is 0 Å². The van der Waals surface area contributed by atoms with E-state index in [-0.39, 0.29) is 6.10 Å². The lowest BCUT2D eigenvalue weighted by molar-refractivity contribution is 0.0217.